The summed E-state index contributed by atoms with van der Waals surface area (Å²) in [6, 6.07) is -0.319. The predicted octanol–water partition coefficient (Wildman–Crippen LogP) is -0.408. The number of piperidine rings is 1. The first-order valence-electron chi connectivity index (χ1n) is 6.79. The van der Waals surface area contributed by atoms with E-state index in [1.54, 1.807) is 23.9 Å². The molecule has 0 spiro atoms. The van der Waals surface area contributed by atoms with Gasteiger partial charge in [0.25, 0.3) is 0 Å². The zero-order valence-electron chi connectivity index (χ0n) is 11.5. The first-order valence-corrected chi connectivity index (χ1v) is 6.79. The van der Waals surface area contributed by atoms with Crippen molar-refractivity contribution in [1.29, 1.82) is 0 Å². The van der Waals surface area contributed by atoms with Crippen LogP contribution in [0.3, 0.4) is 0 Å². The van der Waals surface area contributed by atoms with Crippen molar-refractivity contribution in [3.05, 3.63) is 0 Å². The molecular formula is C13H21N3O3. The topological polar surface area (TPSA) is 69.7 Å². The van der Waals surface area contributed by atoms with Crippen molar-refractivity contribution in [3.8, 4) is 0 Å². The molecule has 6 nitrogen and oxygen atoms in total. The van der Waals surface area contributed by atoms with Gasteiger partial charge >= 0.3 is 0 Å². The van der Waals surface area contributed by atoms with Crippen molar-refractivity contribution in [2.24, 2.45) is 5.92 Å². The molecule has 0 radical (unpaired) electrons. The van der Waals surface area contributed by atoms with Crippen molar-refractivity contribution in [1.82, 2.24) is 15.1 Å². The summed E-state index contributed by atoms with van der Waals surface area (Å²) < 4.78 is 0. The number of carbonyl (C=O) groups is 3. The summed E-state index contributed by atoms with van der Waals surface area (Å²) in [5.41, 5.74) is 0. The third-order valence-electron chi connectivity index (χ3n) is 3.88. The van der Waals surface area contributed by atoms with E-state index in [2.05, 4.69) is 5.32 Å². The van der Waals surface area contributed by atoms with Crippen LogP contribution in [-0.2, 0) is 14.4 Å². The molecule has 0 aromatic heterocycles. The van der Waals surface area contributed by atoms with Crippen LogP contribution in [-0.4, -0.2) is 60.7 Å². The van der Waals surface area contributed by atoms with E-state index in [-0.39, 0.29) is 29.7 Å². The maximum Gasteiger partial charge on any atom is 0.244 e. The zero-order valence-corrected chi connectivity index (χ0v) is 11.5. The standard InChI is InChI=1S/C13H21N3O3/c1-15(2)13(19)10-4-3-7-16(10)12(18)9-5-6-11(17)14-8-9/h9-10H,3-8H2,1-2H3,(H,14,17). The van der Waals surface area contributed by atoms with E-state index in [1.165, 1.54) is 0 Å². The van der Waals surface area contributed by atoms with Gasteiger partial charge in [-0.25, -0.2) is 0 Å². The van der Waals surface area contributed by atoms with E-state index >= 15 is 0 Å². The van der Waals surface area contributed by atoms with Crippen LogP contribution < -0.4 is 5.32 Å². The van der Waals surface area contributed by atoms with Gasteiger partial charge in [0, 0.05) is 33.6 Å². The fraction of sp³-hybridized carbons (Fsp3) is 0.769. The molecule has 2 saturated heterocycles. The number of rotatable bonds is 2. The van der Waals surface area contributed by atoms with Gasteiger partial charge in [0.15, 0.2) is 0 Å². The second-order valence-corrected chi connectivity index (χ2v) is 5.46. The normalized spacial score (nSPS) is 27.1. The molecule has 0 bridgehead atoms. The van der Waals surface area contributed by atoms with Crippen molar-refractivity contribution in [2.75, 3.05) is 27.2 Å². The highest BCUT2D eigenvalue weighted by Crippen LogP contribution is 2.23. The van der Waals surface area contributed by atoms with Crippen LogP contribution in [0.2, 0.25) is 0 Å². The number of nitrogens with zero attached hydrogens (tertiary/aromatic N) is 2. The molecule has 0 saturated carbocycles. The molecule has 2 aliphatic heterocycles. The lowest BCUT2D eigenvalue weighted by Crippen LogP contribution is -2.50. The fourth-order valence-corrected chi connectivity index (χ4v) is 2.76. The van der Waals surface area contributed by atoms with Gasteiger partial charge in [0.2, 0.25) is 17.7 Å². The van der Waals surface area contributed by atoms with Crippen molar-refractivity contribution >= 4 is 17.7 Å². The van der Waals surface area contributed by atoms with Gasteiger partial charge in [-0.15, -0.1) is 0 Å². The predicted molar refractivity (Wildman–Crippen MR) is 69.2 cm³/mol. The molecule has 0 aromatic rings. The number of likely N-dealkylation sites (N-methyl/N-ethyl adjacent to an activating group) is 1. The lowest BCUT2D eigenvalue weighted by molar-refractivity contribution is -0.145. The molecule has 2 aliphatic rings. The summed E-state index contributed by atoms with van der Waals surface area (Å²) in [6.45, 7) is 1.05. The van der Waals surface area contributed by atoms with Gasteiger partial charge in [-0.05, 0) is 19.3 Å². The number of carbonyl (C=O) groups excluding carboxylic acids is 3. The highest BCUT2D eigenvalue weighted by molar-refractivity contribution is 5.90. The molecule has 19 heavy (non-hydrogen) atoms. The highest BCUT2D eigenvalue weighted by atomic mass is 16.2. The molecule has 106 valence electrons. The Bertz CT molecular complexity index is 385. The van der Waals surface area contributed by atoms with Crippen molar-refractivity contribution in [3.63, 3.8) is 0 Å². The van der Waals surface area contributed by atoms with Gasteiger partial charge in [-0.3, -0.25) is 14.4 Å². The zero-order chi connectivity index (χ0) is 14.0. The third-order valence-corrected chi connectivity index (χ3v) is 3.88. The first kappa shape index (κ1) is 13.8. The van der Waals surface area contributed by atoms with Crippen LogP contribution in [0.15, 0.2) is 0 Å². The van der Waals surface area contributed by atoms with Crippen LogP contribution in [0.1, 0.15) is 25.7 Å². The number of nitrogens with one attached hydrogen (secondary N) is 1. The molecule has 0 aromatic carbocycles. The Hall–Kier alpha value is -1.59. The maximum atomic E-state index is 12.4. The van der Waals surface area contributed by atoms with Crippen LogP contribution in [0.25, 0.3) is 0 Å². The Morgan fingerprint density at radius 3 is 2.63 bits per heavy atom. The molecule has 2 unspecified atom stereocenters. The van der Waals surface area contributed by atoms with Crippen molar-refractivity contribution in [2.45, 2.75) is 31.7 Å². The molecule has 2 fully saturated rings. The lowest BCUT2D eigenvalue weighted by atomic mass is 9.97. The molecule has 2 rings (SSSR count). The molecule has 1 N–H and O–H groups in total. The maximum absolute atomic E-state index is 12.4. The average Bonchev–Trinajstić information content (AvgIpc) is 2.86. The molecule has 2 heterocycles. The summed E-state index contributed by atoms with van der Waals surface area (Å²) in [7, 11) is 3.42. The number of likely N-dealkylation sites (tertiary alicyclic amines) is 1. The van der Waals surface area contributed by atoms with Gasteiger partial charge in [0.05, 0.1) is 5.92 Å². The Labute approximate surface area is 113 Å². The minimum Gasteiger partial charge on any atom is -0.355 e. The van der Waals surface area contributed by atoms with Crippen molar-refractivity contribution < 1.29 is 14.4 Å². The Kier molecular flexibility index (Phi) is 4.07. The molecular weight excluding hydrogens is 246 g/mol. The fourth-order valence-electron chi connectivity index (χ4n) is 2.76. The van der Waals surface area contributed by atoms with E-state index in [9.17, 15) is 14.4 Å². The number of amides is 3. The monoisotopic (exact) mass is 267 g/mol. The number of hydrogen-bond acceptors (Lipinski definition) is 3. The first-order chi connectivity index (χ1) is 9.00. The van der Waals surface area contributed by atoms with E-state index in [0.29, 0.717) is 25.9 Å². The second-order valence-electron chi connectivity index (χ2n) is 5.46. The quantitative estimate of drug-likeness (QED) is 0.739. The smallest absolute Gasteiger partial charge is 0.244 e. The lowest BCUT2D eigenvalue weighted by Gasteiger charge is -2.31. The summed E-state index contributed by atoms with van der Waals surface area (Å²) in [6.07, 6.45) is 2.59. The minimum absolute atomic E-state index is 0.00592. The van der Waals surface area contributed by atoms with E-state index in [0.717, 1.165) is 12.8 Å². The molecule has 0 aliphatic carbocycles. The number of hydrogen-bond donors (Lipinski definition) is 1. The van der Waals surface area contributed by atoms with E-state index in [4.69, 9.17) is 0 Å². The van der Waals surface area contributed by atoms with Crippen LogP contribution in [0.4, 0.5) is 0 Å². The van der Waals surface area contributed by atoms with Gasteiger partial charge in [-0.1, -0.05) is 0 Å². The summed E-state index contributed by atoms with van der Waals surface area (Å²) in [5, 5.41) is 2.72. The Morgan fingerprint density at radius 2 is 2.05 bits per heavy atom. The van der Waals surface area contributed by atoms with Crippen LogP contribution >= 0.6 is 0 Å². The highest BCUT2D eigenvalue weighted by Gasteiger charge is 2.38. The SMILES string of the molecule is CN(C)C(=O)C1CCCN1C(=O)C1CCC(=O)NC1. The van der Waals surface area contributed by atoms with Gasteiger partial charge in [-0.2, -0.15) is 0 Å². The van der Waals surface area contributed by atoms with Crippen LogP contribution in [0, 0.1) is 5.92 Å². The second kappa shape index (κ2) is 5.59. The molecule has 3 amide bonds. The van der Waals surface area contributed by atoms with E-state index in [1.807, 2.05) is 0 Å². The summed E-state index contributed by atoms with van der Waals surface area (Å²) >= 11 is 0. The Balaban J connectivity index is 2.01. The van der Waals surface area contributed by atoms with Gasteiger partial charge < -0.3 is 15.1 Å². The summed E-state index contributed by atoms with van der Waals surface area (Å²) in [5.74, 6) is -0.164. The van der Waals surface area contributed by atoms with Crippen LogP contribution in [0.5, 0.6) is 0 Å². The molecule has 6 heteroatoms. The largest absolute Gasteiger partial charge is 0.355 e. The minimum atomic E-state index is -0.319. The Morgan fingerprint density at radius 1 is 1.32 bits per heavy atom. The summed E-state index contributed by atoms with van der Waals surface area (Å²) in [4.78, 5) is 38.9. The van der Waals surface area contributed by atoms with Gasteiger partial charge in [0.1, 0.15) is 6.04 Å². The van der Waals surface area contributed by atoms with E-state index < -0.39 is 0 Å². The molecule has 2 atom stereocenters. The average molecular weight is 267 g/mol. The third kappa shape index (κ3) is 2.88.